The molecule has 1 aliphatic carbocycles. The van der Waals surface area contributed by atoms with Gasteiger partial charge in [-0.25, -0.2) is 4.31 Å². The van der Waals surface area contributed by atoms with Crippen molar-refractivity contribution in [2.45, 2.75) is 52.5 Å². The molecule has 0 radical (unpaired) electrons. The topological polar surface area (TPSA) is 15.6 Å². The van der Waals surface area contributed by atoms with E-state index in [-0.39, 0.29) is 0 Å². The van der Waals surface area contributed by atoms with Crippen LogP contribution in [0.1, 0.15) is 50.7 Å². The highest BCUT2D eigenvalue weighted by molar-refractivity contribution is 7.96. The lowest BCUT2D eigenvalue weighted by Crippen LogP contribution is -2.13. The van der Waals surface area contributed by atoms with E-state index in [1.165, 1.54) is 34.5 Å². The molecule has 144 valence electrons. The van der Waals surface area contributed by atoms with E-state index in [2.05, 4.69) is 73.0 Å². The molecule has 3 rings (SSSR count). The summed E-state index contributed by atoms with van der Waals surface area (Å²) in [6, 6.07) is 9.10. The van der Waals surface area contributed by atoms with Crippen molar-refractivity contribution >= 4 is 17.7 Å². The zero-order valence-corrected chi connectivity index (χ0v) is 17.8. The number of hydrogen-bond donors (Lipinski definition) is 0. The molecular formula is C24H32N2S. The van der Waals surface area contributed by atoms with Crippen LogP contribution in [-0.4, -0.2) is 22.8 Å². The molecule has 0 saturated heterocycles. The molecule has 0 fully saturated rings. The van der Waals surface area contributed by atoms with Crippen molar-refractivity contribution in [1.82, 2.24) is 4.31 Å². The van der Waals surface area contributed by atoms with E-state index in [0.717, 1.165) is 38.8 Å². The Bertz CT molecular complexity index is 753. The molecule has 1 atom stereocenters. The second-order valence-corrected chi connectivity index (χ2v) is 8.36. The van der Waals surface area contributed by atoms with Gasteiger partial charge in [0.2, 0.25) is 0 Å². The summed E-state index contributed by atoms with van der Waals surface area (Å²) in [5.41, 5.74) is 7.04. The predicted octanol–water partition coefficient (Wildman–Crippen LogP) is 6.36. The fraction of sp³-hybridized carbons (Fsp3) is 0.458. The Morgan fingerprint density at radius 2 is 2.04 bits per heavy atom. The highest BCUT2D eigenvalue weighted by Gasteiger charge is 2.20. The molecule has 27 heavy (non-hydrogen) atoms. The molecule has 2 aliphatic rings. The molecule has 0 N–H and O–H groups in total. The van der Waals surface area contributed by atoms with Gasteiger partial charge in [0, 0.05) is 36.8 Å². The highest BCUT2D eigenvalue weighted by atomic mass is 32.2. The quantitative estimate of drug-likeness (QED) is 0.463. The fourth-order valence-corrected chi connectivity index (χ4v) is 4.38. The van der Waals surface area contributed by atoms with Crippen molar-refractivity contribution < 1.29 is 0 Å². The maximum atomic E-state index is 5.00. The van der Waals surface area contributed by atoms with Gasteiger partial charge < -0.3 is 0 Å². The molecule has 0 spiro atoms. The molecule has 0 aromatic heterocycles. The lowest BCUT2D eigenvalue weighted by molar-refractivity contribution is 0.494. The van der Waals surface area contributed by atoms with E-state index in [4.69, 9.17) is 4.99 Å². The molecule has 1 unspecified atom stereocenters. The minimum atomic E-state index is 0.511. The first-order valence-corrected chi connectivity index (χ1v) is 11.3. The first kappa shape index (κ1) is 20.2. The second-order valence-electron chi connectivity index (χ2n) is 7.47. The van der Waals surface area contributed by atoms with E-state index >= 15 is 0 Å². The van der Waals surface area contributed by atoms with Crippen molar-refractivity contribution in [1.29, 1.82) is 0 Å². The van der Waals surface area contributed by atoms with Crippen LogP contribution in [0.5, 0.6) is 0 Å². The number of aliphatic imine (C=N–C) groups is 1. The molecule has 1 aliphatic heterocycles. The van der Waals surface area contributed by atoms with Crippen LogP contribution in [0, 0.1) is 5.92 Å². The Morgan fingerprint density at radius 3 is 2.78 bits per heavy atom. The van der Waals surface area contributed by atoms with Crippen LogP contribution < -0.4 is 0 Å². The van der Waals surface area contributed by atoms with E-state index < -0.39 is 0 Å². The van der Waals surface area contributed by atoms with E-state index in [1.807, 2.05) is 11.9 Å². The monoisotopic (exact) mass is 380 g/mol. The van der Waals surface area contributed by atoms with Crippen molar-refractivity contribution in [2.24, 2.45) is 10.9 Å². The third-order valence-corrected chi connectivity index (χ3v) is 6.37. The van der Waals surface area contributed by atoms with Crippen molar-refractivity contribution in [3.63, 3.8) is 0 Å². The van der Waals surface area contributed by atoms with Crippen LogP contribution in [0.2, 0.25) is 0 Å². The van der Waals surface area contributed by atoms with E-state index in [0.29, 0.717) is 5.92 Å². The Kier molecular flexibility index (Phi) is 7.54. The first-order valence-electron chi connectivity index (χ1n) is 10.2. The van der Waals surface area contributed by atoms with Crippen molar-refractivity contribution in [3.05, 3.63) is 71.0 Å². The predicted molar refractivity (Wildman–Crippen MR) is 120 cm³/mol. The third-order valence-electron chi connectivity index (χ3n) is 5.47. The smallest absolute Gasteiger partial charge is 0.0396 e. The third kappa shape index (κ3) is 5.70. The zero-order valence-electron chi connectivity index (χ0n) is 16.9. The SMILES string of the molecule is CCN(Cc1cccc(CCCC2=C(C)CC(C3C=CC=CC3)=N2)c1)SC. The summed E-state index contributed by atoms with van der Waals surface area (Å²) in [7, 11) is 0. The summed E-state index contributed by atoms with van der Waals surface area (Å²) >= 11 is 1.82. The minimum absolute atomic E-state index is 0.511. The average molecular weight is 381 g/mol. The number of benzene rings is 1. The van der Waals surface area contributed by atoms with Gasteiger partial charge in [0.05, 0.1) is 0 Å². The van der Waals surface area contributed by atoms with Gasteiger partial charge in [0.15, 0.2) is 0 Å². The normalized spacial score (nSPS) is 19.3. The molecule has 1 aromatic carbocycles. The molecule has 0 bridgehead atoms. The van der Waals surface area contributed by atoms with Gasteiger partial charge in [-0.3, -0.25) is 4.99 Å². The van der Waals surface area contributed by atoms with Gasteiger partial charge in [-0.05, 0) is 55.6 Å². The van der Waals surface area contributed by atoms with Gasteiger partial charge in [-0.15, -0.1) is 0 Å². The van der Waals surface area contributed by atoms with Gasteiger partial charge >= 0.3 is 0 Å². The van der Waals surface area contributed by atoms with Crippen molar-refractivity contribution in [2.75, 3.05) is 12.8 Å². The Balaban J connectivity index is 1.52. The van der Waals surface area contributed by atoms with Crippen LogP contribution in [0.25, 0.3) is 0 Å². The van der Waals surface area contributed by atoms with Gasteiger partial charge in [0.25, 0.3) is 0 Å². The summed E-state index contributed by atoms with van der Waals surface area (Å²) in [5, 5.41) is 0. The van der Waals surface area contributed by atoms with Crippen LogP contribution in [-0.2, 0) is 13.0 Å². The number of allylic oxidation sites excluding steroid dienone is 6. The van der Waals surface area contributed by atoms with Gasteiger partial charge in [-0.2, -0.15) is 0 Å². The second kappa shape index (κ2) is 10.1. The fourth-order valence-electron chi connectivity index (χ4n) is 3.85. The summed E-state index contributed by atoms with van der Waals surface area (Å²) in [6.45, 7) is 6.57. The highest BCUT2D eigenvalue weighted by Crippen LogP contribution is 2.29. The van der Waals surface area contributed by atoms with Crippen LogP contribution in [0.15, 0.2) is 64.8 Å². The maximum absolute atomic E-state index is 5.00. The minimum Gasteiger partial charge on any atom is -0.261 e. The van der Waals surface area contributed by atoms with E-state index in [9.17, 15) is 0 Å². The molecule has 1 aromatic rings. The standard InChI is InChI=1S/C24H32N2S/c1-4-26(27-3)18-21-12-8-10-20(17-21)11-9-15-23-19(2)16-24(25-23)22-13-6-5-7-14-22/h5-8,10,12-13,17,22H,4,9,11,14-16,18H2,1-3H3. The van der Waals surface area contributed by atoms with E-state index in [1.54, 1.807) is 0 Å². The number of rotatable bonds is 9. The van der Waals surface area contributed by atoms with Gasteiger partial charge in [0.1, 0.15) is 0 Å². The Hall–Kier alpha value is -1.58. The lowest BCUT2D eigenvalue weighted by Gasteiger charge is -2.17. The van der Waals surface area contributed by atoms with Crippen LogP contribution in [0.4, 0.5) is 0 Å². The summed E-state index contributed by atoms with van der Waals surface area (Å²) < 4.78 is 2.39. The summed E-state index contributed by atoms with van der Waals surface area (Å²) in [6.07, 6.45) is 16.6. The van der Waals surface area contributed by atoms with Crippen molar-refractivity contribution in [3.8, 4) is 0 Å². The lowest BCUT2D eigenvalue weighted by atomic mass is 9.93. The molecule has 1 heterocycles. The number of aryl methyl sites for hydroxylation is 1. The molecule has 0 saturated carbocycles. The number of nitrogens with zero attached hydrogens (tertiary/aromatic N) is 2. The molecule has 2 nitrogen and oxygen atoms in total. The molecule has 3 heteroatoms. The largest absolute Gasteiger partial charge is 0.261 e. The molecule has 0 amide bonds. The molecular weight excluding hydrogens is 348 g/mol. The first-order chi connectivity index (χ1) is 13.2. The Morgan fingerprint density at radius 1 is 1.19 bits per heavy atom. The summed E-state index contributed by atoms with van der Waals surface area (Å²) in [4.78, 5) is 5.00. The summed E-state index contributed by atoms with van der Waals surface area (Å²) in [5.74, 6) is 0.511. The number of hydrogen-bond acceptors (Lipinski definition) is 3. The average Bonchev–Trinajstić information content (AvgIpc) is 3.08. The zero-order chi connectivity index (χ0) is 19.1. The van der Waals surface area contributed by atoms with Crippen LogP contribution >= 0.6 is 11.9 Å². The maximum Gasteiger partial charge on any atom is 0.0396 e. The van der Waals surface area contributed by atoms with Gasteiger partial charge in [-0.1, -0.05) is 67.4 Å². The Labute approximate surface area is 169 Å². The van der Waals surface area contributed by atoms with Crippen LogP contribution in [0.3, 0.4) is 0 Å².